The van der Waals surface area contributed by atoms with Crippen LogP contribution in [-0.2, 0) is 15.7 Å². The number of anilines is 2. The molecule has 0 unspecified atom stereocenters. The number of hydrogen-bond acceptors (Lipinski definition) is 4. The fourth-order valence-corrected chi connectivity index (χ4v) is 4.69. The highest BCUT2D eigenvalue weighted by Crippen LogP contribution is 2.38. The van der Waals surface area contributed by atoms with Gasteiger partial charge in [-0.3, -0.25) is 4.90 Å². The van der Waals surface area contributed by atoms with Crippen LogP contribution in [0.25, 0.3) is 5.70 Å². The van der Waals surface area contributed by atoms with E-state index in [1.807, 2.05) is 37.3 Å². The first-order valence-electron chi connectivity index (χ1n) is 13.5. The van der Waals surface area contributed by atoms with Crippen molar-refractivity contribution in [3.05, 3.63) is 101 Å². The first-order valence-corrected chi connectivity index (χ1v) is 13.5. The van der Waals surface area contributed by atoms with E-state index in [2.05, 4.69) is 16.0 Å². The first kappa shape index (κ1) is 30.2. The van der Waals surface area contributed by atoms with E-state index in [0.29, 0.717) is 29.8 Å². The molecule has 42 heavy (non-hydrogen) atoms. The Kier molecular flexibility index (Phi) is 9.51. The van der Waals surface area contributed by atoms with E-state index in [1.54, 1.807) is 31.2 Å². The summed E-state index contributed by atoms with van der Waals surface area (Å²) >= 11 is 0. The van der Waals surface area contributed by atoms with Gasteiger partial charge in [-0.2, -0.15) is 13.2 Å². The molecule has 0 saturated heterocycles. The third-order valence-corrected chi connectivity index (χ3v) is 6.56. The van der Waals surface area contributed by atoms with Gasteiger partial charge in [0.2, 0.25) is 0 Å². The molecular formula is C31H31F3N4O4. The van der Waals surface area contributed by atoms with Gasteiger partial charge >= 0.3 is 24.2 Å². The third-order valence-electron chi connectivity index (χ3n) is 6.56. The van der Waals surface area contributed by atoms with Gasteiger partial charge in [0.05, 0.1) is 35.2 Å². The molecule has 1 aliphatic rings. The molecule has 1 atom stereocenters. The van der Waals surface area contributed by atoms with E-state index in [-0.39, 0.29) is 17.9 Å². The van der Waals surface area contributed by atoms with Crippen molar-refractivity contribution in [2.75, 3.05) is 23.8 Å². The van der Waals surface area contributed by atoms with Gasteiger partial charge < -0.3 is 20.7 Å². The molecule has 4 amide bonds. The number of carbonyl (C=O) groups excluding carboxylic acids is 3. The van der Waals surface area contributed by atoms with Crippen LogP contribution >= 0.6 is 0 Å². The van der Waals surface area contributed by atoms with Gasteiger partial charge in [0.1, 0.15) is 0 Å². The maximum atomic E-state index is 13.4. The van der Waals surface area contributed by atoms with E-state index in [0.717, 1.165) is 18.6 Å². The molecule has 0 aliphatic carbocycles. The monoisotopic (exact) mass is 580 g/mol. The predicted molar refractivity (Wildman–Crippen MR) is 153 cm³/mol. The standard InChI is InChI=1S/C31H31F3N4O4/c1-3-5-18-38-27(20-12-7-6-8-13-20)25(28(39)42-4-2)26(37-30(38)41)21-14-11-15-22(19-21)35-29(40)36-24-17-10-9-16-23(24)31(32,33)34/h6-17,19,26H,3-5,18H2,1-2H3,(H,37,41)(H2,35,36,40)/t26-/m0/s1. The fourth-order valence-electron chi connectivity index (χ4n) is 4.69. The number of nitrogens with zero attached hydrogens (tertiary/aromatic N) is 1. The molecule has 1 heterocycles. The highest BCUT2D eigenvalue weighted by atomic mass is 19.4. The number of nitrogens with one attached hydrogen (secondary N) is 3. The molecule has 0 saturated carbocycles. The van der Waals surface area contributed by atoms with Crippen LogP contribution in [0.5, 0.6) is 0 Å². The molecule has 220 valence electrons. The molecule has 0 fully saturated rings. The lowest BCUT2D eigenvalue weighted by Gasteiger charge is -2.37. The molecule has 0 bridgehead atoms. The highest BCUT2D eigenvalue weighted by Gasteiger charge is 2.39. The topological polar surface area (TPSA) is 99.8 Å². The Morgan fingerprint density at radius 3 is 2.36 bits per heavy atom. The Hall–Kier alpha value is -4.80. The number of unbranched alkanes of at least 4 members (excludes halogenated alkanes) is 1. The number of urea groups is 2. The van der Waals surface area contributed by atoms with Crippen LogP contribution < -0.4 is 16.0 Å². The summed E-state index contributed by atoms with van der Waals surface area (Å²) in [7, 11) is 0. The Morgan fingerprint density at radius 2 is 1.67 bits per heavy atom. The normalized spacial score (nSPS) is 15.2. The van der Waals surface area contributed by atoms with Crippen molar-refractivity contribution in [3.63, 3.8) is 0 Å². The average molecular weight is 581 g/mol. The summed E-state index contributed by atoms with van der Waals surface area (Å²) in [5.74, 6) is -0.609. The summed E-state index contributed by atoms with van der Waals surface area (Å²) in [6.45, 7) is 4.18. The largest absolute Gasteiger partial charge is 0.463 e. The molecule has 0 aromatic heterocycles. The maximum Gasteiger partial charge on any atom is 0.418 e. The van der Waals surface area contributed by atoms with Crippen molar-refractivity contribution in [1.82, 2.24) is 10.2 Å². The first-order chi connectivity index (χ1) is 20.1. The number of amides is 4. The maximum absolute atomic E-state index is 13.4. The molecule has 4 rings (SSSR count). The molecular weight excluding hydrogens is 549 g/mol. The quantitative estimate of drug-likeness (QED) is 0.233. The van der Waals surface area contributed by atoms with Crippen LogP contribution in [0, 0.1) is 0 Å². The smallest absolute Gasteiger partial charge is 0.418 e. The van der Waals surface area contributed by atoms with Crippen molar-refractivity contribution < 1.29 is 32.3 Å². The summed E-state index contributed by atoms with van der Waals surface area (Å²) < 4.78 is 45.5. The van der Waals surface area contributed by atoms with Crippen LogP contribution in [0.3, 0.4) is 0 Å². The van der Waals surface area contributed by atoms with Gasteiger partial charge in [-0.1, -0.05) is 67.9 Å². The summed E-state index contributed by atoms with van der Waals surface area (Å²) in [5.41, 5.74) is 0.628. The van der Waals surface area contributed by atoms with E-state index in [1.165, 1.54) is 17.0 Å². The number of para-hydroxylation sites is 1. The highest BCUT2D eigenvalue weighted by molar-refractivity contribution is 6.05. The van der Waals surface area contributed by atoms with Gasteiger partial charge in [0.25, 0.3) is 0 Å². The zero-order chi connectivity index (χ0) is 30.3. The number of ether oxygens (including phenoxy) is 1. The van der Waals surface area contributed by atoms with Crippen LogP contribution in [0.4, 0.5) is 34.1 Å². The summed E-state index contributed by atoms with van der Waals surface area (Å²) in [4.78, 5) is 41.1. The summed E-state index contributed by atoms with van der Waals surface area (Å²) in [6, 6.07) is 17.9. The lowest BCUT2D eigenvalue weighted by atomic mass is 9.91. The third kappa shape index (κ3) is 6.91. The number of benzene rings is 3. The van der Waals surface area contributed by atoms with E-state index in [9.17, 15) is 27.6 Å². The summed E-state index contributed by atoms with van der Waals surface area (Å²) in [6.07, 6.45) is -3.12. The molecule has 1 aliphatic heterocycles. The zero-order valence-corrected chi connectivity index (χ0v) is 23.1. The van der Waals surface area contributed by atoms with Gasteiger partial charge in [-0.25, -0.2) is 14.4 Å². The van der Waals surface area contributed by atoms with Crippen LogP contribution in [0.1, 0.15) is 49.4 Å². The average Bonchev–Trinajstić information content (AvgIpc) is 2.96. The fraction of sp³-hybridized carbons (Fsp3) is 0.258. The zero-order valence-electron chi connectivity index (χ0n) is 23.1. The minimum atomic E-state index is -4.65. The van der Waals surface area contributed by atoms with Gasteiger partial charge in [-0.05, 0) is 48.7 Å². The molecule has 3 N–H and O–H groups in total. The Balaban J connectivity index is 1.71. The second kappa shape index (κ2) is 13.2. The van der Waals surface area contributed by atoms with Gasteiger partial charge in [-0.15, -0.1) is 0 Å². The molecule has 8 nitrogen and oxygen atoms in total. The van der Waals surface area contributed by atoms with E-state index in [4.69, 9.17) is 4.74 Å². The number of carbonyl (C=O) groups is 3. The second-order valence-corrected chi connectivity index (χ2v) is 9.48. The number of hydrogen-bond donors (Lipinski definition) is 3. The van der Waals surface area contributed by atoms with Gasteiger partial charge in [0.15, 0.2) is 0 Å². The van der Waals surface area contributed by atoms with Crippen molar-refractivity contribution in [2.45, 2.75) is 38.9 Å². The van der Waals surface area contributed by atoms with Crippen molar-refractivity contribution in [3.8, 4) is 0 Å². The number of esters is 1. The second-order valence-electron chi connectivity index (χ2n) is 9.48. The minimum absolute atomic E-state index is 0.112. The van der Waals surface area contributed by atoms with Crippen LogP contribution in [0.2, 0.25) is 0 Å². The van der Waals surface area contributed by atoms with Crippen molar-refractivity contribution >= 4 is 35.1 Å². The molecule has 0 spiro atoms. The van der Waals surface area contributed by atoms with E-state index >= 15 is 0 Å². The van der Waals surface area contributed by atoms with Gasteiger partial charge in [0, 0.05) is 12.2 Å². The predicted octanol–water partition coefficient (Wildman–Crippen LogP) is 7.19. The Labute approximate surface area is 241 Å². The molecule has 3 aromatic carbocycles. The molecule has 0 radical (unpaired) electrons. The Morgan fingerprint density at radius 1 is 0.952 bits per heavy atom. The summed E-state index contributed by atoms with van der Waals surface area (Å²) in [5, 5.41) is 7.68. The lowest BCUT2D eigenvalue weighted by molar-refractivity contribution is -0.139. The van der Waals surface area contributed by atoms with Crippen LogP contribution in [0.15, 0.2) is 84.4 Å². The van der Waals surface area contributed by atoms with Crippen LogP contribution in [-0.4, -0.2) is 36.1 Å². The van der Waals surface area contributed by atoms with E-state index < -0.39 is 41.5 Å². The van der Waals surface area contributed by atoms with Crippen molar-refractivity contribution in [1.29, 1.82) is 0 Å². The minimum Gasteiger partial charge on any atom is -0.463 e. The molecule has 3 aromatic rings. The number of alkyl halides is 3. The number of halogens is 3. The lowest BCUT2D eigenvalue weighted by Crippen LogP contribution is -2.48. The SMILES string of the molecule is CCCCN1C(=O)N[C@@H](c2cccc(NC(=O)Nc3ccccc3C(F)(F)F)c2)C(C(=O)OCC)=C1c1ccccc1. The number of rotatable bonds is 9. The molecule has 11 heteroatoms. The van der Waals surface area contributed by atoms with Crippen molar-refractivity contribution in [2.24, 2.45) is 0 Å². The Bertz CT molecular complexity index is 1470.